The molecule has 0 saturated heterocycles. The Morgan fingerprint density at radius 1 is 1.50 bits per heavy atom. The minimum atomic E-state index is -1.69. The number of halogens is 1. The third kappa shape index (κ3) is 2.76. The molecule has 1 heterocycles. The van der Waals surface area contributed by atoms with Crippen molar-refractivity contribution in [1.82, 2.24) is 0 Å². The van der Waals surface area contributed by atoms with E-state index in [-0.39, 0.29) is 28.7 Å². The highest BCUT2D eigenvalue weighted by atomic mass is 35.5. The molecule has 1 aliphatic rings. The Balaban J connectivity index is 2.50. The van der Waals surface area contributed by atoms with Crippen LogP contribution in [-0.4, -0.2) is 36.0 Å². The van der Waals surface area contributed by atoms with Crippen LogP contribution in [0.25, 0.3) is 0 Å². The van der Waals surface area contributed by atoms with Gasteiger partial charge in [0.15, 0.2) is 17.6 Å². The molecule has 1 aromatic rings. The molecule has 1 atom stereocenters. The summed E-state index contributed by atoms with van der Waals surface area (Å²) in [5.41, 5.74) is -0.132. The summed E-state index contributed by atoms with van der Waals surface area (Å²) in [6, 6.07) is 1.39. The Morgan fingerprint density at radius 3 is 2.90 bits per heavy atom. The number of hydrogen-bond donors (Lipinski definition) is 2. The fourth-order valence-corrected chi connectivity index (χ4v) is 2.08. The van der Waals surface area contributed by atoms with E-state index < -0.39 is 17.8 Å². The summed E-state index contributed by atoms with van der Waals surface area (Å²) in [4.78, 5) is 11.7. The smallest absolute Gasteiger partial charge is 0.339 e. The summed E-state index contributed by atoms with van der Waals surface area (Å²) in [7, 11) is 0. The summed E-state index contributed by atoms with van der Waals surface area (Å²) in [5, 5.41) is 20.0. The number of hydrogen-bond acceptors (Lipinski definition) is 6. The molecule has 0 bridgehead atoms. The van der Waals surface area contributed by atoms with Gasteiger partial charge < -0.3 is 24.4 Å². The van der Waals surface area contributed by atoms with Crippen molar-refractivity contribution in [2.24, 2.45) is 0 Å². The number of fused-ring (bicyclic) bond motifs is 1. The summed E-state index contributed by atoms with van der Waals surface area (Å²) >= 11 is 5.88. The zero-order valence-electron chi connectivity index (χ0n) is 10.9. The largest absolute Gasteiger partial charge is 0.506 e. The minimum Gasteiger partial charge on any atom is -0.506 e. The van der Waals surface area contributed by atoms with Crippen LogP contribution in [-0.2, 0) is 9.53 Å². The maximum atomic E-state index is 11.7. The van der Waals surface area contributed by atoms with Crippen LogP contribution in [0.5, 0.6) is 17.2 Å². The van der Waals surface area contributed by atoms with Gasteiger partial charge >= 0.3 is 5.97 Å². The Morgan fingerprint density at radius 2 is 2.20 bits per heavy atom. The van der Waals surface area contributed by atoms with Gasteiger partial charge in [0.05, 0.1) is 30.4 Å². The number of aromatic hydroxyl groups is 1. The summed E-state index contributed by atoms with van der Waals surface area (Å²) < 4.78 is 15.6. The van der Waals surface area contributed by atoms with Crippen molar-refractivity contribution in [3.63, 3.8) is 0 Å². The van der Waals surface area contributed by atoms with E-state index in [1.54, 1.807) is 6.92 Å². The molecule has 110 valence electrons. The van der Waals surface area contributed by atoms with Gasteiger partial charge in [0.2, 0.25) is 0 Å². The van der Waals surface area contributed by atoms with Crippen molar-refractivity contribution in [3.8, 4) is 17.2 Å². The van der Waals surface area contributed by atoms with Crippen molar-refractivity contribution in [1.29, 1.82) is 0 Å². The van der Waals surface area contributed by atoms with E-state index in [1.807, 2.05) is 0 Å². The van der Waals surface area contributed by atoms with Gasteiger partial charge in [-0.15, -0.1) is 0 Å². The number of aliphatic hydroxyl groups excluding tert-OH is 1. The molecular formula is C13H15ClO6. The van der Waals surface area contributed by atoms with Gasteiger partial charge in [-0.3, -0.25) is 0 Å². The maximum absolute atomic E-state index is 11.7. The lowest BCUT2D eigenvalue weighted by atomic mass is 10.1. The molecule has 0 saturated carbocycles. The molecule has 1 aliphatic heterocycles. The van der Waals surface area contributed by atoms with Crippen molar-refractivity contribution in [3.05, 3.63) is 16.7 Å². The number of phenols is 1. The van der Waals surface area contributed by atoms with Gasteiger partial charge in [0, 0.05) is 12.5 Å². The topological polar surface area (TPSA) is 85.2 Å². The zero-order chi connectivity index (χ0) is 14.7. The fourth-order valence-electron chi connectivity index (χ4n) is 1.88. The Hall–Kier alpha value is -1.66. The molecule has 1 aromatic carbocycles. The number of esters is 1. The summed E-state index contributed by atoms with van der Waals surface area (Å²) in [6.45, 7) is 2.49. The standard InChI is InChI=1S/C13H15ClO6/c1-2-18-13(17)11(16)9-10(15)7(14)6-8-12(9)20-5-3-4-19-8/h6,11,15-16H,2-5H2,1H3. The quantitative estimate of drug-likeness (QED) is 0.828. The number of carbonyl (C=O) groups excluding carboxylic acids is 1. The molecular weight excluding hydrogens is 288 g/mol. The summed E-state index contributed by atoms with van der Waals surface area (Å²) in [6.07, 6.45) is -1.05. The number of aliphatic hydroxyl groups is 1. The van der Waals surface area contributed by atoms with Crippen LogP contribution >= 0.6 is 11.6 Å². The van der Waals surface area contributed by atoms with E-state index in [0.29, 0.717) is 19.6 Å². The van der Waals surface area contributed by atoms with Crippen LogP contribution in [0, 0.1) is 0 Å². The number of phenolic OH excluding ortho intramolecular Hbond substituents is 1. The first kappa shape index (κ1) is 14.7. The second-order valence-electron chi connectivity index (χ2n) is 4.15. The van der Waals surface area contributed by atoms with E-state index in [0.717, 1.165) is 0 Å². The minimum absolute atomic E-state index is 0.0346. The van der Waals surface area contributed by atoms with Crippen LogP contribution in [0.3, 0.4) is 0 Å². The van der Waals surface area contributed by atoms with Gasteiger partial charge in [-0.2, -0.15) is 0 Å². The average Bonchev–Trinajstić information content (AvgIpc) is 2.65. The molecule has 0 fully saturated rings. The lowest BCUT2D eigenvalue weighted by molar-refractivity contribution is -0.153. The number of rotatable bonds is 3. The van der Waals surface area contributed by atoms with Crippen LogP contribution < -0.4 is 9.47 Å². The Bertz CT molecular complexity index is 516. The predicted octanol–water partition coefficient (Wildman–Crippen LogP) is 1.80. The van der Waals surface area contributed by atoms with Crippen molar-refractivity contribution in [2.75, 3.05) is 19.8 Å². The molecule has 0 radical (unpaired) electrons. The molecule has 6 nitrogen and oxygen atoms in total. The van der Waals surface area contributed by atoms with Gasteiger partial charge in [-0.1, -0.05) is 11.6 Å². The normalized spacial score (nSPS) is 15.3. The molecule has 7 heteroatoms. The monoisotopic (exact) mass is 302 g/mol. The molecule has 0 spiro atoms. The molecule has 0 amide bonds. The first-order valence-electron chi connectivity index (χ1n) is 6.22. The maximum Gasteiger partial charge on any atom is 0.339 e. The predicted molar refractivity (Wildman–Crippen MR) is 70.3 cm³/mol. The summed E-state index contributed by atoms with van der Waals surface area (Å²) in [5.74, 6) is -0.912. The zero-order valence-corrected chi connectivity index (χ0v) is 11.6. The van der Waals surface area contributed by atoms with Crippen LogP contribution in [0.4, 0.5) is 0 Å². The fraction of sp³-hybridized carbons (Fsp3) is 0.462. The van der Waals surface area contributed by atoms with E-state index in [4.69, 9.17) is 25.8 Å². The SMILES string of the molecule is CCOC(=O)C(O)c1c(O)c(Cl)cc2c1OCCCO2. The van der Waals surface area contributed by atoms with Gasteiger partial charge in [-0.25, -0.2) is 4.79 Å². The Kier molecular flexibility index (Phi) is 4.57. The van der Waals surface area contributed by atoms with Crippen LogP contribution in [0.1, 0.15) is 25.0 Å². The third-order valence-corrected chi connectivity index (χ3v) is 3.07. The number of ether oxygens (including phenoxy) is 3. The van der Waals surface area contributed by atoms with Crippen molar-refractivity contribution < 1.29 is 29.2 Å². The molecule has 0 aromatic heterocycles. The van der Waals surface area contributed by atoms with Crippen LogP contribution in [0.15, 0.2) is 6.07 Å². The second-order valence-corrected chi connectivity index (χ2v) is 4.56. The second kappa shape index (κ2) is 6.19. The molecule has 2 N–H and O–H groups in total. The van der Waals surface area contributed by atoms with E-state index >= 15 is 0 Å². The number of carbonyl (C=O) groups is 1. The molecule has 0 aliphatic carbocycles. The van der Waals surface area contributed by atoms with Crippen molar-refractivity contribution in [2.45, 2.75) is 19.4 Å². The van der Waals surface area contributed by atoms with E-state index in [1.165, 1.54) is 6.07 Å². The highest BCUT2D eigenvalue weighted by Crippen LogP contribution is 2.46. The lowest BCUT2D eigenvalue weighted by Gasteiger charge is -2.18. The van der Waals surface area contributed by atoms with Gasteiger partial charge in [-0.05, 0) is 6.92 Å². The Labute approximate surface area is 120 Å². The molecule has 20 heavy (non-hydrogen) atoms. The van der Waals surface area contributed by atoms with Gasteiger partial charge in [0.25, 0.3) is 0 Å². The van der Waals surface area contributed by atoms with Crippen LogP contribution in [0.2, 0.25) is 5.02 Å². The van der Waals surface area contributed by atoms with E-state index in [2.05, 4.69) is 0 Å². The number of benzene rings is 1. The third-order valence-electron chi connectivity index (χ3n) is 2.78. The average molecular weight is 303 g/mol. The first-order chi connectivity index (χ1) is 9.56. The highest BCUT2D eigenvalue weighted by molar-refractivity contribution is 6.32. The highest BCUT2D eigenvalue weighted by Gasteiger charge is 2.31. The van der Waals surface area contributed by atoms with E-state index in [9.17, 15) is 15.0 Å². The lowest BCUT2D eigenvalue weighted by Crippen LogP contribution is -2.17. The molecule has 1 unspecified atom stereocenters. The van der Waals surface area contributed by atoms with Gasteiger partial charge in [0.1, 0.15) is 5.75 Å². The van der Waals surface area contributed by atoms with Crippen molar-refractivity contribution >= 4 is 17.6 Å². The molecule has 2 rings (SSSR count). The first-order valence-corrected chi connectivity index (χ1v) is 6.59.